The van der Waals surface area contributed by atoms with E-state index in [-0.39, 0.29) is 12.0 Å². The molecule has 1 amide bonds. The highest BCUT2D eigenvalue weighted by molar-refractivity contribution is 7.14. The molecule has 1 aliphatic heterocycles. The molecule has 1 fully saturated rings. The maximum atomic E-state index is 12.1. The van der Waals surface area contributed by atoms with Crippen LogP contribution in [0.1, 0.15) is 23.3 Å². The minimum atomic E-state index is -0.167. The molecule has 0 saturated carbocycles. The first kappa shape index (κ1) is 15.8. The normalized spacial score (nSPS) is 17.0. The zero-order valence-corrected chi connectivity index (χ0v) is 13.7. The van der Waals surface area contributed by atoms with Crippen molar-refractivity contribution in [2.75, 3.05) is 25.6 Å². The van der Waals surface area contributed by atoms with Crippen molar-refractivity contribution in [3.05, 3.63) is 35.3 Å². The van der Waals surface area contributed by atoms with Crippen LogP contribution in [-0.4, -0.2) is 37.3 Å². The molecule has 0 radical (unpaired) electrons. The van der Waals surface area contributed by atoms with E-state index in [0.29, 0.717) is 17.4 Å². The second kappa shape index (κ2) is 7.43. The van der Waals surface area contributed by atoms with E-state index in [4.69, 9.17) is 9.47 Å². The molecule has 1 aromatic heterocycles. The monoisotopic (exact) mass is 333 g/mol. The average molecular weight is 333 g/mol. The van der Waals surface area contributed by atoms with E-state index in [1.54, 1.807) is 12.5 Å². The molecule has 0 bridgehead atoms. The highest BCUT2D eigenvalue weighted by Crippen LogP contribution is 2.23. The van der Waals surface area contributed by atoms with Crippen LogP contribution in [0, 0.1) is 0 Å². The Kier molecular flexibility index (Phi) is 5.09. The summed E-state index contributed by atoms with van der Waals surface area (Å²) >= 11 is 1.40. The predicted molar refractivity (Wildman–Crippen MR) is 89.7 cm³/mol. The van der Waals surface area contributed by atoms with Crippen molar-refractivity contribution in [1.82, 2.24) is 10.3 Å². The average Bonchev–Trinajstić information content (AvgIpc) is 3.25. The maximum absolute atomic E-state index is 12.1. The Bertz CT molecular complexity index is 651. The van der Waals surface area contributed by atoms with E-state index in [1.807, 2.05) is 24.3 Å². The molecule has 122 valence electrons. The summed E-state index contributed by atoms with van der Waals surface area (Å²) in [7, 11) is 1.63. The molecule has 1 aromatic carbocycles. The number of benzene rings is 1. The number of rotatable bonds is 6. The molecule has 6 nitrogen and oxygen atoms in total. The van der Waals surface area contributed by atoms with Crippen LogP contribution < -0.4 is 15.4 Å². The third-order valence-corrected chi connectivity index (χ3v) is 4.35. The summed E-state index contributed by atoms with van der Waals surface area (Å²) in [5.41, 5.74) is 1.32. The van der Waals surface area contributed by atoms with Crippen LogP contribution in [0.4, 0.5) is 10.8 Å². The highest BCUT2D eigenvalue weighted by Gasteiger charge is 2.17. The number of nitrogens with zero attached hydrogens (tertiary/aromatic N) is 1. The van der Waals surface area contributed by atoms with Gasteiger partial charge in [0.2, 0.25) is 0 Å². The molecule has 7 heteroatoms. The molecule has 3 rings (SSSR count). The van der Waals surface area contributed by atoms with E-state index >= 15 is 0 Å². The third-order valence-electron chi connectivity index (χ3n) is 3.59. The second-order valence-electron chi connectivity index (χ2n) is 5.24. The lowest BCUT2D eigenvalue weighted by Gasteiger charge is -2.09. The van der Waals surface area contributed by atoms with Crippen molar-refractivity contribution in [1.29, 1.82) is 0 Å². The molecule has 1 unspecified atom stereocenters. The van der Waals surface area contributed by atoms with Gasteiger partial charge in [0, 0.05) is 24.2 Å². The summed E-state index contributed by atoms with van der Waals surface area (Å²) in [4.78, 5) is 16.4. The van der Waals surface area contributed by atoms with Crippen LogP contribution in [0.25, 0.3) is 0 Å². The van der Waals surface area contributed by atoms with E-state index in [2.05, 4.69) is 15.6 Å². The summed E-state index contributed by atoms with van der Waals surface area (Å²) in [6.07, 6.45) is 2.20. The van der Waals surface area contributed by atoms with Crippen molar-refractivity contribution in [2.45, 2.75) is 18.9 Å². The SMILES string of the molecule is COc1ccc(Nc2nc(C(=O)NCC3CCCO3)cs2)cc1. The smallest absolute Gasteiger partial charge is 0.270 e. The lowest BCUT2D eigenvalue weighted by Crippen LogP contribution is -2.31. The van der Waals surface area contributed by atoms with Crippen molar-refractivity contribution in [3.63, 3.8) is 0 Å². The van der Waals surface area contributed by atoms with Crippen molar-refractivity contribution < 1.29 is 14.3 Å². The van der Waals surface area contributed by atoms with Crippen molar-refractivity contribution in [3.8, 4) is 5.75 Å². The molecule has 1 aliphatic rings. The minimum Gasteiger partial charge on any atom is -0.497 e. The van der Waals surface area contributed by atoms with Gasteiger partial charge in [-0.1, -0.05) is 0 Å². The minimum absolute atomic E-state index is 0.134. The molecule has 23 heavy (non-hydrogen) atoms. The van der Waals surface area contributed by atoms with Gasteiger partial charge >= 0.3 is 0 Å². The number of nitrogens with one attached hydrogen (secondary N) is 2. The van der Waals surface area contributed by atoms with Gasteiger partial charge in [0.25, 0.3) is 5.91 Å². The number of hydrogen-bond acceptors (Lipinski definition) is 6. The third kappa shape index (κ3) is 4.20. The molecule has 0 spiro atoms. The maximum Gasteiger partial charge on any atom is 0.270 e. The standard InChI is InChI=1S/C16H19N3O3S/c1-21-12-6-4-11(5-7-12)18-16-19-14(10-23-16)15(20)17-9-13-3-2-8-22-13/h4-7,10,13H,2-3,8-9H2,1H3,(H,17,20)(H,18,19). The second-order valence-corrected chi connectivity index (χ2v) is 6.09. The summed E-state index contributed by atoms with van der Waals surface area (Å²) in [6, 6.07) is 7.53. The van der Waals surface area contributed by atoms with Gasteiger partial charge in [-0.15, -0.1) is 11.3 Å². The summed E-state index contributed by atoms with van der Waals surface area (Å²) in [6.45, 7) is 1.32. The van der Waals surface area contributed by atoms with Crippen LogP contribution in [0.5, 0.6) is 5.75 Å². The van der Waals surface area contributed by atoms with Crippen molar-refractivity contribution in [2.24, 2.45) is 0 Å². The zero-order valence-electron chi connectivity index (χ0n) is 12.9. The van der Waals surface area contributed by atoms with E-state index in [1.165, 1.54) is 11.3 Å². The molecule has 1 saturated heterocycles. The molecule has 2 heterocycles. The van der Waals surface area contributed by atoms with Gasteiger partial charge in [-0.3, -0.25) is 4.79 Å². The Hall–Kier alpha value is -2.12. The Morgan fingerprint density at radius 2 is 2.26 bits per heavy atom. The fraction of sp³-hybridized carbons (Fsp3) is 0.375. The Morgan fingerprint density at radius 1 is 1.43 bits per heavy atom. The number of methoxy groups -OCH3 is 1. The number of carbonyl (C=O) groups excluding carboxylic acids is 1. The van der Waals surface area contributed by atoms with Gasteiger partial charge in [-0.25, -0.2) is 4.98 Å². The number of anilines is 2. The number of carbonyl (C=O) groups is 1. The van der Waals surface area contributed by atoms with E-state index in [0.717, 1.165) is 30.9 Å². The van der Waals surface area contributed by atoms with Gasteiger partial charge in [0.05, 0.1) is 13.2 Å². The lowest BCUT2D eigenvalue weighted by molar-refractivity contribution is 0.0854. The Morgan fingerprint density at radius 3 is 2.96 bits per heavy atom. The molecule has 2 aromatic rings. The quantitative estimate of drug-likeness (QED) is 0.850. The van der Waals surface area contributed by atoms with E-state index < -0.39 is 0 Å². The van der Waals surface area contributed by atoms with Crippen LogP contribution in [0.15, 0.2) is 29.6 Å². The number of aromatic nitrogens is 1. The number of amides is 1. The summed E-state index contributed by atoms with van der Waals surface area (Å²) < 4.78 is 10.6. The molecule has 1 atom stereocenters. The Balaban J connectivity index is 1.54. The van der Waals surface area contributed by atoms with E-state index in [9.17, 15) is 4.79 Å². The highest BCUT2D eigenvalue weighted by atomic mass is 32.1. The first-order valence-corrected chi connectivity index (χ1v) is 8.39. The Labute approximate surface area is 138 Å². The van der Waals surface area contributed by atoms with Crippen LogP contribution in [0.2, 0.25) is 0 Å². The lowest BCUT2D eigenvalue weighted by atomic mass is 10.2. The fourth-order valence-corrected chi connectivity index (χ4v) is 3.05. The number of hydrogen-bond donors (Lipinski definition) is 2. The summed E-state index contributed by atoms with van der Waals surface area (Å²) in [5.74, 6) is 0.628. The van der Waals surface area contributed by atoms with Gasteiger partial charge in [-0.05, 0) is 37.1 Å². The molecule has 0 aliphatic carbocycles. The largest absolute Gasteiger partial charge is 0.497 e. The van der Waals surface area contributed by atoms with Crippen LogP contribution >= 0.6 is 11.3 Å². The predicted octanol–water partition coefficient (Wildman–Crippen LogP) is 2.80. The van der Waals surface area contributed by atoms with Gasteiger partial charge in [0.15, 0.2) is 5.13 Å². The topological polar surface area (TPSA) is 72.5 Å². The number of thiazole rings is 1. The molecule has 2 N–H and O–H groups in total. The fourth-order valence-electron chi connectivity index (χ4n) is 2.34. The van der Waals surface area contributed by atoms with Crippen LogP contribution in [-0.2, 0) is 4.74 Å². The van der Waals surface area contributed by atoms with Crippen LogP contribution in [0.3, 0.4) is 0 Å². The molecular weight excluding hydrogens is 314 g/mol. The van der Waals surface area contributed by atoms with Crippen molar-refractivity contribution >= 4 is 28.1 Å². The van der Waals surface area contributed by atoms with Gasteiger partial charge < -0.3 is 20.1 Å². The van der Waals surface area contributed by atoms with Gasteiger partial charge in [-0.2, -0.15) is 0 Å². The molecular formula is C16H19N3O3S. The first-order chi connectivity index (χ1) is 11.2. The zero-order chi connectivity index (χ0) is 16.1. The first-order valence-electron chi connectivity index (χ1n) is 7.51. The van der Waals surface area contributed by atoms with Gasteiger partial charge in [0.1, 0.15) is 11.4 Å². The summed E-state index contributed by atoms with van der Waals surface area (Å²) in [5, 5.41) is 8.47. The number of ether oxygens (including phenoxy) is 2.